The number of carbonyl (C=O) groups is 1. The monoisotopic (exact) mass is 400 g/mol. The van der Waals surface area contributed by atoms with Gasteiger partial charge in [0.15, 0.2) is 0 Å². The minimum atomic E-state index is -1.89. The molecule has 0 saturated carbocycles. The smallest absolute Gasteiger partial charge is 0.337 e. The molecule has 0 bridgehead atoms. The standard InChI is InChI=1S/C22H44O4Si/c1-6-19-27(24-4,25-5)20-17-15-13-11-9-7-8-10-12-14-16-18-26-22(23)21(2)3/h2,6-20H2,1,3-5H3. The SMILES string of the molecule is C=C(C)C(=O)OCCCCCCCCCCCCC[Si](CCC)(OC)OC. The number of hydrogen-bond acceptors (Lipinski definition) is 4. The number of carbonyl (C=O) groups excluding carboxylic acids is 1. The number of ether oxygens (including phenoxy) is 1. The third kappa shape index (κ3) is 14.1. The Labute approximate surface area is 169 Å². The summed E-state index contributed by atoms with van der Waals surface area (Å²) in [4.78, 5) is 11.2. The minimum absolute atomic E-state index is 0.266. The Morgan fingerprint density at radius 3 is 1.63 bits per heavy atom. The van der Waals surface area contributed by atoms with Crippen molar-refractivity contribution >= 4 is 14.5 Å². The molecule has 0 rings (SSSR count). The van der Waals surface area contributed by atoms with Gasteiger partial charge in [-0.05, 0) is 25.4 Å². The van der Waals surface area contributed by atoms with Crippen LogP contribution in [0.3, 0.4) is 0 Å². The van der Waals surface area contributed by atoms with E-state index in [1.807, 2.05) is 14.2 Å². The molecule has 160 valence electrons. The van der Waals surface area contributed by atoms with Crippen LogP contribution < -0.4 is 0 Å². The van der Waals surface area contributed by atoms with Crippen LogP contribution in [-0.2, 0) is 18.4 Å². The van der Waals surface area contributed by atoms with Crippen molar-refractivity contribution in [2.75, 3.05) is 20.8 Å². The Hall–Kier alpha value is -0.653. The van der Waals surface area contributed by atoms with Crippen LogP contribution in [0.15, 0.2) is 12.2 Å². The second-order valence-electron chi connectivity index (χ2n) is 7.62. The van der Waals surface area contributed by atoms with Crippen molar-refractivity contribution in [3.8, 4) is 0 Å². The Bertz CT molecular complexity index is 381. The second-order valence-corrected chi connectivity index (χ2v) is 11.3. The maximum absolute atomic E-state index is 11.2. The molecule has 0 spiro atoms. The first-order chi connectivity index (χ1) is 13.0. The van der Waals surface area contributed by atoms with Gasteiger partial charge in [0.05, 0.1) is 6.61 Å². The molecule has 0 aromatic rings. The Morgan fingerprint density at radius 2 is 1.22 bits per heavy atom. The molecule has 0 atom stereocenters. The highest BCUT2D eigenvalue weighted by atomic mass is 28.4. The zero-order chi connectivity index (χ0) is 20.4. The van der Waals surface area contributed by atoms with Crippen molar-refractivity contribution in [1.82, 2.24) is 0 Å². The molecule has 0 aliphatic rings. The fraction of sp³-hybridized carbons (Fsp3) is 0.864. The third-order valence-corrected chi connectivity index (χ3v) is 9.02. The minimum Gasteiger partial charge on any atom is -0.462 e. The molecular formula is C22H44O4Si. The van der Waals surface area contributed by atoms with E-state index in [1.54, 1.807) is 6.92 Å². The van der Waals surface area contributed by atoms with E-state index in [4.69, 9.17) is 13.6 Å². The molecule has 0 radical (unpaired) electrons. The van der Waals surface area contributed by atoms with Gasteiger partial charge in [-0.2, -0.15) is 0 Å². The molecule has 0 heterocycles. The molecule has 0 aliphatic heterocycles. The zero-order valence-electron chi connectivity index (χ0n) is 18.4. The Balaban J connectivity index is 3.38. The average molecular weight is 401 g/mol. The predicted molar refractivity (Wildman–Crippen MR) is 116 cm³/mol. The van der Waals surface area contributed by atoms with Gasteiger partial charge in [-0.15, -0.1) is 0 Å². The van der Waals surface area contributed by atoms with Crippen LogP contribution >= 0.6 is 0 Å². The third-order valence-electron chi connectivity index (χ3n) is 5.16. The van der Waals surface area contributed by atoms with E-state index in [2.05, 4.69) is 13.5 Å². The quantitative estimate of drug-likeness (QED) is 0.107. The molecule has 0 saturated heterocycles. The molecule has 0 aliphatic carbocycles. The lowest BCUT2D eigenvalue weighted by Crippen LogP contribution is -2.39. The van der Waals surface area contributed by atoms with E-state index < -0.39 is 8.56 Å². The van der Waals surface area contributed by atoms with Gasteiger partial charge >= 0.3 is 14.5 Å². The molecule has 0 fully saturated rings. The molecule has 0 N–H and O–H groups in total. The van der Waals surface area contributed by atoms with Gasteiger partial charge in [0, 0.05) is 19.8 Å². The molecular weight excluding hydrogens is 356 g/mol. The lowest BCUT2D eigenvalue weighted by Gasteiger charge is -2.27. The molecule has 5 heteroatoms. The lowest BCUT2D eigenvalue weighted by atomic mass is 10.1. The van der Waals surface area contributed by atoms with Crippen LogP contribution in [0.2, 0.25) is 12.1 Å². The summed E-state index contributed by atoms with van der Waals surface area (Å²) in [6.07, 6.45) is 15.0. The topological polar surface area (TPSA) is 44.8 Å². The summed E-state index contributed by atoms with van der Waals surface area (Å²) in [7, 11) is 1.75. The van der Waals surface area contributed by atoms with Crippen LogP contribution in [0.1, 0.15) is 90.9 Å². The number of esters is 1. The summed E-state index contributed by atoms with van der Waals surface area (Å²) in [6.45, 7) is 8.00. The zero-order valence-corrected chi connectivity index (χ0v) is 19.4. The van der Waals surface area contributed by atoms with Gasteiger partial charge in [0.25, 0.3) is 0 Å². The number of hydrogen-bond donors (Lipinski definition) is 0. The Morgan fingerprint density at radius 1 is 0.778 bits per heavy atom. The molecule has 0 unspecified atom stereocenters. The van der Waals surface area contributed by atoms with Gasteiger partial charge in [-0.25, -0.2) is 4.79 Å². The van der Waals surface area contributed by atoms with E-state index in [0.29, 0.717) is 12.2 Å². The van der Waals surface area contributed by atoms with E-state index in [0.717, 1.165) is 31.4 Å². The van der Waals surface area contributed by atoms with E-state index in [-0.39, 0.29) is 5.97 Å². The van der Waals surface area contributed by atoms with Crippen molar-refractivity contribution in [1.29, 1.82) is 0 Å². The highest BCUT2D eigenvalue weighted by Crippen LogP contribution is 2.23. The lowest BCUT2D eigenvalue weighted by molar-refractivity contribution is -0.139. The van der Waals surface area contributed by atoms with Gasteiger partial charge < -0.3 is 13.6 Å². The maximum atomic E-state index is 11.2. The molecule has 0 aromatic heterocycles. The Kier molecular flexibility index (Phi) is 17.0. The number of rotatable bonds is 19. The van der Waals surface area contributed by atoms with Crippen LogP contribution in [-0.4, -0.2) is 35.4 Å². The second kappa shape index (κ2) is 17.4. The summed E-state index contributed by atoms with van der Waals surface area (Å²) in [6, 6.07) is 2.24. The highest BCUT2D eigenvalue weighted by Gasteiger charge is 2.33. The predicted octanol–water partition coefficient (Wildman–Crippen LogP) is 6.54. The fourth-order valence-electron chi connectivity index (χ4n) is 3.37. The summed E-state index contributed by atoms with van der Waals surface area (Å²) in [5, 5.41) is 0. The van der Waals surface area contributed by atoms with Crippen LogP contribution in [0, 0.1) is 0 Å². The van der Waals surface area contributed by atoms with E-state index in [1.165, 1.54) is 57.8 Å². The van der Waals surface area contributed by atoms with Crippen LogP contribution in [0.4, 0.5) is 0 Å². The summed E-state index contributed by atoms with van der Waals surface area (Å²) < 4.78 is 16.6. The van der Waals surface area contributed by atoms with Gasteiger partial charge in [0.2, 0.25) is 0 Å². The van der Waals surface area contributed by atoms with E-state index in [9.17, 15) is 4.79 Å². The molecule has 0 amide bonds. The summed E-state index contributed by atoms with van der Waals surface area (Å²) >= 11 is 0. The summed E-state index contributed by atoms with van der Waals surface area (Å²) in [5.41, 5.74) is 0.481. The first-order valence-electron chi connectivity index (χ1n) is 10.9. The average Bonchev–Trinajstić information content (AvgIpc) is 2.67. The van der Waals surface area contributed by atoms with Crippen LogP contribution in [0.5, 0.6) is 0 Å². The normalized spacial score (nSPS) is 11.6. The van der Waals surface area contributed by atoms with Crippen molar-refractivity contribution in [3.05, 3.63) is 12.2 Å². The van der Waals surface area contributed by atoms with Gasteiger partial charge in [0.1, 0.15) is 0 Å². The largest absolute Gasteiger partial charge is 0.462 e. The molecule has 0 aromatic carbocycles. The molecule has 4 nitrogen and oxygen atoms in total. The van der Waals surface area contributed by atoms with Crippen molar-refractivity contribution in [3.63, 3.8) is 0 Å². The van der Waals surface area contributed by atoms with Crippen molar-refractivity contribution in [2.24, 2.45) is 0 Å². The van der Waals surface area contributed by atoms with Crippen molar-refractivity contribution < 1.29 is 18.4 Å². The van der Waals surface area contributed by atoms with E-state index >= 15 is 0 Å². The first-order valence-corrected chi connectivity index (χ1v) is 13.2. The fourth-order valence-corrected chi connectivity index (χ4v) is 6.16. The molecule has 27 heavy (non-hydrogen) atoms. The number of unbranched alkanes of at least 4 members (excludes halogenated alkanes) is 10. The van der Waals surface area contributed by atoms with Gasteiger partial charge in [-0.3, -0.25) is 0 Å². The highest BCUT2D eigenvalue weighted by molar-refractivity contribution is 6.67. The van der Waals surface area contributed by atoms with Crippen molar-refractivity contribution in [2.45, 2.75) is 103 Å². The van der Waals surface area contributed by atoms with Gasteiger partial charge in [-0.1, -0.05) is 84.1 Å². The van der Waals surface area contributed by atoms with Crippen LogP contribution in [0.25, 0.3) is 0 Å². The summed E-state index contributed by atoms with van der Waals surface area (Å²) in [5.74, 6) is -0.266. The first kappa shape index (κ1) is 26.3. The maximum Gasteiger partial charge on any atom is 0.337 e.